The zero-order chi connectivity index (χ0) is 17.9. The van der Waals surface area contributed by atoms with Crippen LogP contribution in [0.5, 0.6) is 0 Å². The van der Waals surface area contributed by atoms with Gasteiger partial charge in [0.1, 0.15) is 4.90 Å². The summed E-state index contributed by atoms with van der Waals surface area (Å²) in [6.07, 6.45) is 6.30. The zero-order valence-corrected chi connectivity index (χ0v) is 15.3. The van der Waals surface area contributed by atoms with Crippen molar-refractivity contribution in [1.82, 2.24) is 20.3 Å². The minimum atomic E-state index is -3.37. The molecule has 0 aromatic carbocycles. The maximum atomic E-state index is 12.1. The molecule has 0 amide bonds. The van der Waals surface area contributed by atoms with Crippen molar-refractivity contribution in [2.75, 3.05) is 24.7 Å². The summed E-state index contributed by atoms with van der Waals surface area (Å²) in [7, 11) is -3.37. The topological polar surface area (TPSA) is 96.9 Å². The average Bonchev–Trinajstić information content (AvgIpc) is 2.61. The highest BCUT2D eigenvalue weighted by atomic mass is 32.2. The van der Waals surface area contributed by atoms with Crippen molar-refractivity contribution in [3.63, 3.8) is 0 Å². The molecule has 2 N–H and O–H groups in total. The third-order valence-electron chi connectivity index (χ3n) is 4.40. The fourth-order valence-electron chi connectivity index (χ4n) is 3.00. The Bertz CT molecular complexity index is 848. The van der Waals surface area contributed by atoms with Crippen LogP contribution in [0.4, 0.5) is 5.95 Å². The number of piperidine rings is 1. The van der Waals surface area contributed by atoms with Gasteiger partial charge in [0.25, 0.3) is 0 Å². The Morgan fingerprint density at radius 3 is 2.88 bits per heavy atom. The molecule has 1 unspecified atom stereocenters. The Morgan fingerprint density at radius 2 is 2.20 bits per heavy atom. The molecule has 1 atom stereocenters. The van der Waals surface area contributed by atoms with Gasteiger partial charge in [-0.05, 0) is 37.9 Å². The highest BCUT2D eigenvalue weighted by molar-refractivity contribution is 7.90. The number of hydrogen-bond acceptors (Lipinski definition) is 7. The van der Waals surface area contributed by atoms with Gasteiger partial charge in [0.05, 0.1) is 24.1 Å². The van der Waals surface area contributed by atoms with Crippen LogP contribution in [-0.2, 0) is 16.4 Å². The number of hydrogen-bond donors (Lipinski definition) is 2. The normalized spacial score (nSPS) is 18.1. The second kappa shape index (κ2) is 7.45. The Kier molecular flexibility index (Phi) is 5.29. The summed E-state index contributed by atoms with van der Waals surface area (Å²) in [5.74, 6) is 0.511. The van der Waals surface area contributed by atoms with Gasteiger partial charge in [-0.1, -0.05) is 6.07 Å². The van der Waals surface area contributed by atoms with E-state index in [1.165, 1.54) is 12.5 Å². The first-order valence-electron chi connectivity index (χ1n) is 8.37. The van der Waals surface area contributed by atoms with E-state index in [4.69, 9.17) is 0 Å². The van der Waals surface area contributed by atoms with Crippen LogP contribution in [0.1, 0.15) is 35.7 Å². The summed E-state index contributed by atoms with van der Waals surface area (Å²) in [4.78, 5) is 13.3. The molecule has 0 bridgehead atoms. The molecule has 3 heterocycles. The Hall–Kier alpha value is -2.06. The van der Waals surface area contributed by atoms with Crippen LogP contribution in [0.2, 0.25) is 0 Å². The van der Waals surface area contributed by atoms with E-state index < -0.39 is 9.84 Å². The third-order valence-corrected chi connectivity index (χ3v) is 5.51. The first-order chi connectivity index (χ1) is 11.9. The Morgan fingerprint density at radius 1 is 1.36 bits per heavy atom. The molecular formula is C17H23N5O2S. The van der Waals surface area contributed by atoms with Gasteiger partial charge in [0.15, 0.2) is 9.84 Å². The fraction of sp³-hybridized carbons (Fsp3) is 0.471. The molecule has 1 aliphatic heterocycles. The molecule has 25 heavy (non-hydrogen) atoms. The van der Waals surface area contributed by atoms with Gasteiger partial charge in [0, 0.05) is 24.9 Å². The van der Waals surface area contributed by atoms with Crippen molar-refractivity contribution < 1.29 is 8.42 Å². The monoisotopic (exact) mass is 361 g/mol. The second-order valence-electron chi connectivity index (χ2n) is 6.38. The fourth-order valence-corrected chi connectivity index (χ4v) is 3.84. The van der Waals surface area contributed by atoms with Gasteiger partial charge in [-0.25, -0.2) is 18.4 Å². The predicted octanol–water partition coefficient (Wildman–Crippen LogP) is 1.66. The molecule has 2 aromatic rings. The highest BCUT2D eigenvalue weighted by Crippen LogP contribution is 2.28. The number of rotatable bonds is 5. The van der Waals surface area contributed by atoms with E-state index in [1.54, 1.807) is 6.20 Å². The number of nitrogens with one attached hydrogen (secondary N) is 2. The van der Waals surface area contributed by atoms with Crippen molar-refractivity contribution >= 4 is 15.8 Å². The van der Waals surface area contributed by atoms with Crippen molar-refractivity contribution in [2.45, 2.75) is 37.1 Å². The average molecular weight is 361 g/mol. The van der Waals surface area contributed by atoms with E-state index in [9.17, 15) is 8.42 Å². The van der Waals surface area contributed by atoms with Crippen molar-refractivity contribution in [3.05, 3.63) is 41.5 Å². The smallest absolute Gasteiger partial charge is 0.223 e. The number of anilines is 1. The van der Waals surface area contributed by atoms with E-state index in [-0.39, 0.29) is 10.8 Å². The molecule has 1 saturated heterocycles. The first-order valence-corrected chi connectivity index (χ1v) is 10.3. The molecule has 8 heteroatoms. The largest absolute Gasteiger partial charge is 0.349 e. The van der Waals surface area contributed by atoms with Gasteiger partial charge < -0.3 is 10.6 Å². The predicted molar refractivity (Wildman–Crippen MR) is 96.3 cm³/mol. The van der Waals surface area contributed by atoms with Crippen molar-refractivity contribution in [2.24, 2.45) is 0 Å². The summed E-state index contributed by atoms with van der Waals surface area (Å²) < 4.78 is 24.2. The van der Waals surface area contributed by atoms with Crippen LogP contribution >= 0.6 is 0 Å². The van der Waals surface area contributed by atoms with Gasteiger partial charge >= 0.3 is 0 Å². The SMILES string of the molecule is Cc1cccnc1CNc1ncc(S(C)(=O)=O)c(C2CCCNC2)n1. The van der Waals surface area contributed by atoms with Crippen LogP contribution in [0.3, 0.4) is 0 Å². The molecule has 2 aromatic heterocycles. The van der Waals surface area contributed by atoms with E-state index in [0.29, 0.717) is 18.2 Å². The lowest BCUT2D eigenvalue weighted by atomic mass is 9.96. The molecule has 134 valence electrons. The van der Waals surface area contributed by atoms with Crippen molar-refractivity contribution in [1.29, 1.82) is 0 Å². The molecule has 0 spiro atoms. The summed E-state index contributed by atoms with van der Waals surface area (Å²) in [6, 6.07) is 3.89. The van der Waals surface area contributed by atoms with Crippen LogP contribution in [-0.4, -0.2) is 42.7 Å². The van der Waals surface area contributed by atoms with Gasteiger partial charge in [-0.15, -0.1) is 0 Å². The molecular weight excluding hydrogens is 338 g/mol. The summed E-state index contributed by atoms with van der Waals surface area (Å²) in [5, 5.41) is 6.47. The van der Waals surface area contributed by atoms with E-state index in [0.717, 1.165) is 37.2 Å². The van der Waals surface area contributed by atoms with E-state index >= 15 is 0 Å². The molecule has 7 nitrogen and oxygen atoms in total. The minimum Gasteiger partial charge on any atom is -0.349 e. The van der Waals surface area contributed by atoms with E-state index in [2.05, 4.69) is 25.6 Å². The van der Waals surface area contributed by atoms with Crippen molar-refractivity contribution in [3.8, 4) is 0 Å². The minimum absolute atomic E-state index is 0.0820. The van der Waals surface area contributed by atoms with Crippen LogP contribution in [0.25, 0.3) is 0 Å². The Balaban J connectivity index is 1.87. The molecule has 3 rings (SSSR count). The standard InChI is InChI=1S/C17H23N5O2S/c1-12-5-3-8-19-14(12)10-20-17-21-11-15(25(2,23)24)16(22-17)13-6-4-7-18-9-13/h3,5,8,11,13,18H,4,6-7,9-10H2,1-2H3,(H,20,21,22). The quantitative estimate of drug-likeness (QED) is 0.836. The molecule has 1 fully saturated rings. The number of aryl methyl sites for hydroxylation is 1. The first kappa shape index (κ1) is 17.8. The number of aromatic nitrogens is 3. The van der Waals surface area contributed by atoms with Gasteiger partial charge in [0.2, 0.25) is 5.95 Å². The number of pyridine rings is 1. The summed E-state index contributed by atoms with van der Waals surface area (Å²) in [6.45, 7) is 4.18. The second-order valence-corrected chi connectivity index (χ2v) is 8.36. The molecule has 1 aliphatic rings. The molecule has 0 radical (unpaired) electrons. The number of nitrogens with zero attached hydrogens (tertiary/aromatic N) is 3. The zero-order valence-electron chi connectivity index (χ0n) is 14.5. The van der Waals surface area contributed by atoms with Gasteiger partial charge in [-0.2, -0.15) is 0 Å². The maximum Gasteiger partial charge on any atom is 0.223 e. The van der Waals surface area contributed by atoms with E-state index in [1.807, 2.05) is 19.1 Å². The lowest BCUT2D eigenvalue weighted by Gasteiger charge is -2.24. The highest BCUT2D eigenvalue weighted by Gasteiger charge is 2.25. The maximum absolute atomic E-state index is 12.1. The third kappa shape index (κ3) is 4.32. The van der Waals surface area contributed by atoms with Gasteiger partial charge in [-0.3, -0.25) is 4.98 Å². The molecule has 0 aliphatic carbocycles. The van der Waals surface area contributed by atoms with Crippen LogP contribution in [0.15, 0.2) is 29.4 Å². The number of sulfone groups is 1. The molecule has 0 saturated carbocycles. The summed E-state index contributed by atoms with van der Waals surface area (Å²) in [5.41, 5.74) is 2.60. The lowest BCUT2D eigenvalue weighted by Crippen LogP contribution is -2.30. The Labute approximate surface area is 148 Å². The lowest BCUT2D eigenvalue weighted by molar-refractivity contribution is 0.448. The van der Waals surface area contributed by atoms with Crippen LogP contribution < -0.4 is 10.6 Å². The summed E-state index contributed by atoms with van der Waals surface area (Å²) >= 11 is 0. The van der Waals surface area contributed by atoms with Crippen LogP contribution in [0, 0.1) is 6.92 Å².